The highest BCUT2D eigenvalue weighted by molar-refractivity contribution is 5.75. The molecule has 106 valence electrons. The minimum absolute atomic E-state index is 0.0426. The number of nitrogens with two attached hydrogens (primary N) is 1. The van der Waals surface area contributed by atoms with Crippen LogP contribution in [0.1, 0.15) is 24.1 Å². The van der Waals surface area contributed by atoms with Crippen molar-refractivity contribution in [2.24, 2.45) is 5.73 Å². The van der Waals surface area contributed by atoms with Crippen molar-refractivity contribution in [3.8, 4) is 0 Å². The van der Waals surface area contributed by atoms with Crippen molar-refractivity contribution in [2.45, 2.75) is 26.5 Å². The molecule has 1 amide bonds. The Labute approximate surface area is 117 Å². The quantitative estimate of drug-likeness (QED) is 0.812. The van der Waals surface area contributed by atoms with Gasteiger partial charge >= 0.3 is 0 Å². The molecule has 6 nitrogen and oxygen atoms in total. The maximum Gasteiger partial charge on any atom is 0.225 e. The number of nitrogens with zero attached hydrogens (tertiary/aromatic N) is 3. The molecular formula is C14H18N4O2. The molecule has 0 saturated heterocycles. The predicted molar refractivity (Wildman–Crippen MR) is 73.8 cm³/mol. The highest BCUT2D eigenvalue weighted by atomic mass is 16.5. The number of primary amides is 1. The van der Waals surface area contributed by atoms with Gasteiger partial charge < -0.3 is 10.5 Å². The zero-order chi connectivity index (χ0) is 14.4. The third-order valence-electron chi connectivity index (χ3n) is 2.73. The number of hydrogen-bond donors (Lipinski definition) is 1. The Hall–Kier alpha value is -2.21. The molecule has 1 aromatic carbocycles. The number of amides is 1. The average molecular weight is 274 g/mol. The zero-order valence-electron chi connectivity index (χ0n) is 11.5. The van der Waals surface area contributed by atoms with Gasteiger partial charge in [-0.2, -0.15) is 5.10 Å². The topological polar surface area (TPSA) is 83.0 Å². The van der Waals surface area contributed by atoms with Gasteiger partial charge in [0.1, 0.15) is 6.61 Å². The van der Waals surface area contributed by atoms with Gasteiger partial charge in [0.25, 0.3) is 0 Å². The Morgan fingerprint density at radius 1 is 1.35 bits per heavy atom. The van der Waals surface area contributed by atoms with Crippen LogP contribution in [0.25, 0.3) is 0 Å². The first kappa shape index (κ1) is 14.2. The summed E-state index contributed by atoms with van der Waals surface area (Å²) in [5.41, 5.74) is 6.29. The van der Waals surface area contributed by atoms with Crippen LogP contribution in [0.3, 0.4) is 0 Å². The van der Waals surface area contributed by atoms with E-state index in [-0.39, 0.29) is 6.42 Å². The molecule has 0 spiro atoms. The van der Waals surface area contributed by atoms with Crippen LogP contribution in [-0.4, -0.2) is 27.3 Å². The summed E-state index contributed by atoms with van der Waals surface area (Å²) in [4.78, 5) is 15.3. The fraction of sp³-hybridized carbons (Fsp3) is 0.357. The second kappa shape index (κ2) is 6.81. The summed E-state index contributed by atoms with van der Waals surface area (Å²) in [5, 5.41) is 4.32. The molecule has 0 radical (unpaired) electrons. The van der Waals surface area contributed by atoms with Gasteiger partial charge in [-0.25, -0.2) is 9.67 Å². The highest BCUT2D eigenvalue weighted by Crippen LogP contribution is 2.07. The van der Waals surface area contributed by atoms with E-state index in [4.69, 9.17) is 10.5 Å². The SMILES string of the molecule is CCOCc1nc(CC(N)=O)nn1Cc1ccccc1. The van der Waals surface area contributed by atoms with E-state index in [1.165, 1.54) is 0 Å². The van der Waals surface area contributed by atoms with Gasteiger partial charge in [0.15, 0.2) is 11.6 Å². The summed E-state index contributed by atoms with van der Waals surface area (Å²) in [7, 11) is 0. The van der Waals surface area contributed by atoms with Gasteiger partial charge in [-0.15, -0.1) is 0 Å². The number of hydrogen-bond acceptors (Lipinski definition) is 4. The largest absolute Gasteiger partial charge is 0.374 e. The Morgan fingerprint density at radius 2 is 2.10 bits per heavy atom. The van der Waals surface area contributed by atoms with Crippen molar-refractivity contribution in [1.82, 2.24) is 14.8 Å². The standard InChI is InChI=1S/C14H18N4O2/c1-2-20-10-14-16-13(8-12(15)19)17-18(14)9-11-6-4-3-5-7-11/h3-7H,2,8-10H2,1H3,(H2,15,19). The van der Waals surface area contributed by atoms with E-state index in [0.717, 1.165) is 5.56 Å². The fourth-order valence-electron chi connectivity index (χ4n) is 1.84. The van der Waals surface area contributed by atoms with Gasteiger partial charge in [0.05, 0.1) is 13.0 Å². The number of rotatable bonds is 7. The second-order valence-corrected chi connectivity index (χ2v) is 4.37. The van der Waals surface area contributed by atoms with Crippen LogP contribution in [0.5, 0.6) is 0 Å². The molecule has 0 atom stereocenters. The summed E-state index contributed by atoms with van der Waals surface area (Å²) in [6.07, 6.45) is 0.0426. The Balaban J connectivity index is 2.19. The lowest BCUT2D eigenvalue weighted by Gasteiger charge is -2.05. The molecular weight excluding hydrogens is 256 g/mol. The molecule has 20 heavy (non-hydrogen) atoms. The maximum absolute atomic E-state index is 11.0. The average Bonchev–Trinajstić information content (AvgIpc) is 2.78. The van der Waals surface area contributed by atoms with E-state index in [9.17, 15) is 4.79 Å². The Bertz CT molecular complexity index is 566. The van der Waals surface area contributed by atoms with Crippen LogP contribution in [0.2, 0.25) is 0 Å². The molecule has 0 bridgehead atoms. The van der Waals surface area contributed by atoms with Crippen LogP contribution in [0.4, 0.5) is 0 Å². The number of carbonyl (C=O) groups is 1. The number of carbonyl (C=O) groups excluding carboxylic acids is 1. The van der Waals surface area contributed by atoms with Gasteiger partial charge in [0, 0.05) is 6.61 Å². The summed E-state index contributed by atoms with van der Waals surface area (Å²) in [5.74, 6) is 0.694. The summed E-state index contributed by atoms with van der Waals surface area (Å²) in [6.45, 7) is 3.48. The predicted octanol–water partition coefficient (Wildman–Crippen LogP) is 0.891. The van der Waals surface area contributed by atoms with Crippen molar-refractivity contribution in [3.05, 3.63) is 47.5 Å². The molecule has 0 aliphatic rings. The number of aromatic nitrogens is 3. The van der Waals surface area contributed by atoms with E-state index in [0.29, 0.717) is 31.4 Å². The smallest absolute Gasteiger partial charge is 0.225 e. The Morgan fingerprint density at radius 3 is 2.75 bits per heavy atom. The molecule has 6 heteroatoms. The minimum Gasteiger partial charge on any atom is -0.374 e. The third-order valence-corrected chi connectivity index (χ3v) is 2.73. The first-order chi connectivity index (χ1) is 9.69. The maximum atomic E-state index is 11.0. The number of ether oxygens (including phenoxy) is 1. The lowest BCUT2D eigenvalue weighted by atomic mass is 10.2. The Kier molecular flexibility index (Phi) is 4.84. The van der Waals surface area contributed by atoms with Gasteiger partial charge in [-0.3, -0.25) is 4.79 Å². The van der Waals surface area contributed by atoms with Crippen molar-refractivity contribution < 1.29 is 9.53 Å². The van der Waals surface area contributed by atoms with E-state index < -0.39 is 5.91 Å². The molecule has 0 saturated carbocycles. The molecule has 2 rings (SSSR count). The second-order valence-electron chi connectivity index (χ2n) is 4.37. The molecule has 2 N–H and O–H groups in total. The van der Waals surface area contributed by atoms with Crippen LogP contribution in [-0.2, 0) is 29.1 Å². The summed E-state index contributed by atoms with van der Waals surface area (Å²) in [6, 6.07) is 9.93. The first-order valence-corrected chi connectivity index (χ1v) is 6.51. The van der Waals surface area contributed by atoms with Crippen LogP contribution < -0.4 is 5.73 Å². The third kappa shape index (κ3) is 3.89. The molecule has 1 heterocycles. The minimum atomic E-state index is -0.440. The lowest BCUT2D eigenvalue weighted by Crippen LogP contribution is -2.15. The lowest BCUT2D eigenvalue weighted by molar-refractivity contribution is -0.117. The fourth-order valence-corrected chi connectivity index (χ4v) is 1.84. The van der Waals surface area contributed by atoms with Gasteiger partial charge in [-0.05, 0) is 12.5 Å². The molecule has 1 aromatic heterocycles. The zero-order valence-corrected chi connectivity index (χ0v) is 11.5. The van der Waals surface area contributed by atoms with Crippen molar-refractivity contribution in [2.75, 3.05) is 6.61 Å². The highest BCUT2D eigenvalue weighted by Gasteiger charge is 2.12. The van der Waals surface area contributed by atoms with Crippen molar-refractivity contribution in [1.29, 1.82) is 0 Å². The van der Waals surface area contributed by atoms with E-state index >= 15 is 0 Å². The van der Waals surface area contributed by atoms with Crippen molar-refractivity contribution in [3.63, 3.8) is 0 Å². The monoisotopic (exact) mass is 274 g/mol. The molecule has 2 aromatic rings. The van der Waals surface area contributed by atoms with Crippen molar-refractivity contribution >= 4 is 5.91 Å². The van der Waals surface area contributed by atoms with Gasteiger partial charge in [-0.1, -0.05) is 30.3 Å². The normalized spacial score (nSPS) is 10.7. The van der Waals surface area contributed by atoms with E-state index in [2.05, 4.69) is 10.1 Å². The first-order valence-electron chi connectivity index (χ1n) is 6.51. The molecule has 0 unspecified atom stereocenters. The van der Waals surface area contributed by atoms with Crippen LogP contribution in [0, 0.1) is 0 Å². The number of benzene rings is 1. The van der Waals surface area contributed by atoms with Gasteiger partial charge in [0.2, 0.25) is 5.91 Å². The molecule has 0 aliphatic carbocycles. The summed E-state index contributed by atoms with van der Waals surface area (Å²) < 4.78 is 7.13. The van der Waals surface area contributed by atoms with E-state index in [1.54, 1.807) is 4.68 Å². The van der Waals surface area contributed by atoms with E-state index in [1.807, 2.05) is 37.3 Å². The molecule has 0 fully saturated rings. The molecule has 0 aliphatic heterocycles. The van der Waals surface area contributed by atoms with Crippen LogP contribution in [0.15, 0.2) is 30.3 Å². The van der Waals surface area contributed by atoms with Crippen LogP contribution >= 0.6 is 0 Å². The summed E-state index contributed by atoms with van der Waals surface area (Å²) >= 11 is 0.